The van der Waals surface area contributed by atoms with Crippen molar-refractivity contribution in [2.45, 2.75) is 26.4 Å². The number of hydrogen-bond donors (Lipinski definition) is 1. The Morgan fingerprint density at radius 2 is 1.85 bits per heavy atom. The standard InChI is InChI=1S/C17H20FNO/c1-12-4-9-17(20-3)15(10-12)11-19-13(2)14-5-7-16(18)8-6-14/h4-10,13,19H,11H2,1-3H3/t13-/m1/s1. The summed E-state index contributed by atoms with van der Waals surface area (Å²) < 4.78 is 18.3. The summed E-state index contributed by atoms with van der Waals surface area (Å²) in [5.74, 6) is 0.677. The molecule has 0 spiro atoms. The molecular weight excluding hydrogens is 253 g/mol. The fraction of sp³-hybridized carbons (Fsp3) is 0.294. The van der Waals surface area contributed by atoms with Gasteiger partial charge in [0.1, 0.15) is 11.6 Å². The molecule has 0 aliphatic rings. The van der Waals surface area contributed by atoms with Gasteiger partial charge in [0.2, 0.25) is 0 Å². The fourth-order valence-electron chi connectivity index (χ4n) is 2.18. The zero-order valence-corrected chi connectivity index (χ0v) is 12.1. The van der Waals surface area contributed by atoms with Crippen LogP contribution >= 0.6 is 0 Å². The van der Waals surface area contributed by atoms with Crippen molar-refractivity contribution in [3.8, 4) is 5.75 Å². The van der Waals surface area contributed by atoms with Crippen LogP contribution in [0.15, 0.2) is 42.5 Å². The summed E-state index contributed by atoms with van der Waals surface area (Å²) in [6, 6.07) is 12.9. The first kappa shape index (κ1) is 14.5. The number of nitrogens with one attached hydrogen (secondary N) is 1. The van der Waals surface area contributed by atoms with Crippen LogP contribution in [0.25, 0.3) is 0 Å². The molecule has 0 amide bonds. The van der Waals surface area contributed by atoms with Crippen LogP contribution in [0.4, 0.5) is 4.39 Å². The van der Waals surface area contributed by atoms with Crippen molar-refractivity contribution in [1.29, 1.82) is 0 Å². The third-order valence-electron chi connectivity index (χ3n) is 3.40. The van der Waals surface area contributed by atoms with Crippen molar-refractivity contribution >= 4 is 0 Å². The highest BCUT2D eigenvalue weighted by Gasteiger charge is 2.08. The predicted octanol–water partition coefficient (Wildman–Crippen LogP) is 3.99. The number of methoxy groups -OCH3 is 1. The number of benzene rings is 2. The second kappa shape index (κ2) is 6.53. The maximum atomic E-state index is 12.9. The van der Waals surface area contributed by atoms with Crippen LogP contribution in [0.2, 0.25) is 0 Å². The maximum Gasteiger partial charge on any atom is 0.123 e. The molecule has 0 bridgehead atoms. The summed E-state index contributed by atoms with van der Waals surface area (Å²) in [6.45, 7) is 4.84. The summed E-state index contributed by atoms with van der Waals surface area (Å²) in [6.07, 6.45) is 0. The van der Waals surface area contributed by atoms with Crippen molar-refractivity contribution in [2.75, 3.05) is 7.11 Å². The number of hydrogen-bond acceptors (Lipinski definition) is 2. The SMILES string of the molecule is COc1ccc(C)cc1CN[C@H](C)c1ccc(F)cc1. The van der Waals surface area contributed by atoms with Gasteiger partial charge in [-0.1, -0.05) is 29.8 Å². The lowest BCUT2D eigenvalue weighted by atomic mass is 10.1. The smallest absolute Gasteiger partial charge is 0.123 e. The van der Waals surface area contributed by atoms with Crippen LogP contribution in [0.5, 0.6) is 5.75 Å². The average Bonchev–Trinajstić information content (AvgIpc) is 2.45. The molecule has 1 N–H and O–H groups in total. The Morgan fingerprint density at radius 1 is 1.15 bits per heavy atom. The number of rotatable bonds is 5. The van der Waals surface area contributed by atoms with E-state index in [0.29, 0.717) is 6.54 Å². The summed E-state index contributed by atoms with van der Waals surface area (Å²) in [5, 5.41) is 3.43. The second-order valence-corrected chi connectivity index (χ2v) is 4.97. The van der Waals surface area contributed by atoms with Crippen molar-refractivity contribution in [1.82, 2.24) is 5.32 Å². The molecule has 0 unspecified atom stereocenters. The number of ether oxygens (including phenoxy) is 1. The molecule has 20 heavy (non-hydrogen) atoms. The lowest BCUT2D eigenvalue weighted by Gasteiger charge is -2.16. The summed E-state index contributed by atoms with van der Waals surface area (Å²) in [5.41, 5.74) is 3.40. The van der Waals surface area contributed by atoms with Crippen molar-refractivity contribution < 1.29 is 9.13 Å². The fourth-order valence-corrected chi connectivity index (χ4v) is 2.18. The van der Waals surface area contributed by atoms with Gasteiger partial charge in [-0.3, -0.25) is 0 Å². The van der Waals surface area contributed by atoms with Crippen LogP contribution in [0, 0.1) is 12.7 Å². The van der Waals surface area contributed by atoms with Crippen LogP contribution < -0.4 is 10.1 Å². The van der Waals surface area contributed by atoms with Gasteiger partial charge in [-0.05, 0) is 37.6 Å². The zero-order valence-electron chi connectivity index (χ0n) is 12.1. The minimum atomic E-state index is -0.207. The zero-order chi connectivity index (χ0) is 14.5. The topological polar surface area (TPSA) is 21.3 Å². The third-order valence-corrected chi connectivity index (χ3v) is 3.40. The average molecular weight is 273 g/mol. The lowest BCUT2D eigenvalue weighted by molar-refractivity contribution is 0.406. The van der Waals surface area contributed by atoms with E-state index in [9.17, 15) is 4.39 Å². The predicted molar refractivity (Wildman–Crippen MR) is 79.4 cm³/mol. The molecule has 1 atom stereocenters. The molecule has 2 rings (SSSR count). The molecule has 0 saturated carbocycles. The maximum absolute atomic E-state index is 12.9. The van der Waals surface area contributed by atoms with Crippen molar-refractivity contribution in [3.63, 3.8) is 0 Å². The van der Waals surface area contributed by atoms with E-state index in [1.165, 1.54) is 17.7 Å². The monoisotopic (exact) mass is 273 g/mol. The molecule has 0 aliphatic carbocycles. The van der Waals surface area contributed by atoms with Crippen LogP contribution in [0.1, 0.15) is 29.7 Å². The largest absolute Gasteiger partial charge is 0.496 e. The summed E-state index contributed by atoms with van der Waals surface area (Å²) in [7, 11) is 1.68. The highest BCUT2D eigenvalue weighted by molar-refractivity contribution is 5.36. The number of aryl methyl sites for hydroxylation is 1. The van der Waals surface area contributed by atoms with Gasteiger partial charge in [-0.15, -0.1) is 0 Å². The van der Waals surface area contributed by atoms with Gasteiger partial charge in [0.15, 0.2) is 0 Å². The molecule has 2 aromatic carbocycles. The Morgan fingerprint density at radius 3 is 2.50 bits per heavy atom. The van der Waals surface area contributed by atoms with Gasteiger partial charge in [0.25, 0.3) is 0 Å². The highest BCUT2D eigenvalue weighted by atomic mass is 19.1. The van der Waals surface area contributed by atoms with E-state index >= 15 is 0 Å². The van der Waals surface area contributed by atoms with E-state index in [1.54, 1.807) is 19.2 Å². The van der Waals surface area contributed by atoms with Crippen LogP contribution in [-0.2, 0) is 6.54 Å². The summed E-state index contributed by atoms with van der Waals surface area (Å²) in [4.78, 5) is 0. The molecule has 0 fully saturated rings. The van der Waals surface area contributed by atoms with Crippen LogP contribution in [0.3, 0.4) is 0 Å². The Labute approximate surface area is 119 Å². The minimum absolute atomic E-state index is 0.154. The van der Waals surface area contributed by atoms with E-state index < -0.39 is 0 Å². The van der Waals surface area contributed by atoms with Gasteiger partial charge in [0.05, 0.1) is 7.11 Å². The van der Waals surface area contributed by atoms with Crippen molar-refractivity contribution in [3.05, 3.63) is 65.0 Å². The number of halogens is 1. The molecule has 3 heteroatoms. The quantitative estimate of drug-likeness (QED) is 0.889. The molecule has 2 aromatic rings. The Kier molecular flexibility index (Phi) is 4.74. The molecule has 0 heterocycles. The van der Waals surface area contributed by atoms with Gasteiger partial charge in [-0.2, -0.15) is 0 Å². The van der Waals surface area contributed by atoms with Gasteiger partial charge < -0.3 is 10.1 Å². The Hall–Kier alpha value is -1.87. The van der Waals surface area contributed by atoms with Gasteiger partial charge in [-0.25, -0.2) is 4.39 Å². The molecule has 2 nitrogen and oxygen atoms in total. The minimum Gasteiger partial charge on any atom is -0.496 e. The van der Waals surface area contributed by atoms with E-state index in [4.69, 9.17) is 4.74 Å². The molecule has 106 valence electrons. The van der Waals surface area contributed by atoms with E-state index in [2.05, 4.69) is 25.2 Å². The lowest BCUT2D eigenvalue weighted by Crippen LogP contribution is -2.18. The van der Waals surface area contributed by atoms with Gasteiger partial charge in [0, 0.05) is 18.2 Å². The van der Waals surface area contributed by atoms with E-state index in [-0.39, 0.29) is 11.9 Å². The first-order valence-corrected chi connectivity index (χ1v) is 6.72. The third kappa shape index (κ3) is 3.58. The van der Waals surface area contributed by atoms with E-state index in [1.807, 2.05) is 12.1 Å². The first-order chi connectivity index (χ1) is 9.60. The molecular formula is C17H20FNO. The second-order valence-electron chi connectivity index (χ2n) is 4.97. The molecule has 0 aliphatic heterocycles. The molecule has 0 radical (unpaired) electrons. The Bertz CT molecular complexity index is 566. The molecule has 0 saturated heterocycles. The Balaban J connectivity index is 2.04. The normalized spacial score (nSPS) is 12.2. The highest BCUT2D eigenvalue weighted by Crippen LogP contribution is 2.21. The van der Waals surface area contributed by atoms with E-state index in [0.717, 1.165) is 16.9 Å². The van der Waals surface area contributed by atoms with Gasteiger partial charge >= 0.3 is 0 Å². The summed E-state index contributed by atoms with van der Waals surface area (Å²) >= 11 is 0. The van der Waals surface area contributed by atoms with Crippen LogP contribution in [-0.4, -0.2) is 7.11 Å². The molecule has 0 aromatic heterocycles. The first-order valence-electron chi connectivity index (χ1n) is 6.72. The van der Waals surface area contributed by atoms with Crippen molar-refractivity contribution in [2.24, 2.45) is 0 Å².